The van der Waals surface area contributed by atoms with Gasteiger partial charge in [0, 0.05) is 22.3 Å². The SMILES string of the molecule is c1ccc(-c2ccc(-c3c(N(c4ccc(-c5ccc(-c6ccccc6-c6ccccc6)cc5)cc4)c4ccc(C5(c6ccccc6)c6ccccc6-c6ccccc65)cc4)c4ccccc4c4ccccc34)cc2)cc1. The van der Waals surface area contributed by atoms with Crippen LogP contribution < -0.4 is 4.90 Å². The molecule has 1 heteroatoms. The molecule has 1 aliphatic rings. The first-order valence-electron chi connectivity index (χ1n) is 26.3. The standard InChI is InChI=1S/C75H51N/c1-4-20-52(21-5-1)53-38-42-58(43-39-53)73-69-32-14-12-28-65(69)66-29-13-15-33-70(66)74(73)76(61-48-44-55(45-49-61)54-36-40-57(41-37-54)64-27-11-10-26-63(64)56-22-6-2-7-23-56)62-50-46-60(47-51-62)75(59-24-8-3-9-25-59)71-34-18-16-30-67(71)68-31-17-19-35-72(68)75/h1-51H. The summed E-state index contributed by atoms with van der Waals surface area (Å²) in [5, 5.41) is 4.83. The number of hydrogen-bond donors (Lipinski definition) is 0. The van der Waals surface area contributed by atoms with E-state index in [1.165, 1.54) is 99.4 Å². The van der Waals surface area contributed by atoms with Crippen molar-refractivity contribution in [3.63, 3.8) is 0 Å². The lowest BCUT2D eigenvalue weighted by Crippen LogP contribution is -2.28. The van der Waals surface area contributed by atoms with Crippen LogP contribution in [0.4, 0.5) is 17.1 Å². The molecule has 14 rings (SSSR count). The van der Waals surface area contributed by atoms with Gasteiger partial charge in [-0.2, -0.15) is 0 Å². The van der Waals surface area contributed by atoms with Gasteiger partial charge >= 0.3 is 0 Å². The summed E-state index contributed by atoms with van der Waals surface area (Å²) < 4.78 is 0. The van der Waals surface area contributed by atoms with Gasteiger partial charge in [-0.15, -0.1) is 0 Å². The lowest BCUT2D eigenvalue weighted by molar-refractivity contribution is 0.768. The van der Waals surface area contributed by atoms with Crippen LogP contribution in [0.25, 0.3) is 88.3 Å². The zero-order valence-corrected chi connectivity index (χ0v) is 41.9. The molecule has 0 atom stereocenters. The molecule has 0 heterocycles. The van der Waals surface area contributed by atoms with Gasteiger partial charge in [-0.1, -0.05) is 285 Å². The summed E-state index contributed by atoms with van der Waals surface area (Å²) in [4.78, 5) is 2.51. The molecule has 0 saturated carbocycles. The van der Waals surface area contributed by atoms with Crippen molar-refractivity contribution < 1.29 is 0 Å². The van der Waals surface area contributed by atoms with Crippen LogP contribution in [0.15, 0.2) is 309 Å². The summed E-state index contributed by atoms with van der Waals surface area (Å²) in [5.74, 6) is 0. The predicted octanol–water partition coefficient (Wildman–Crippen LogP) is 20.2. The molecule has 0 aliphatic heterocycles. The fourth-order valence-corrected chi connectivity index (χ4v) is 12.3. The third-order valence-electron chi connectivity index (χ3n) is 15.8. The fourth-order valence-electron chi connectivity index (χ4n) is 12.3. The van der Waals surface area contributed by atoms with Gasteiger partial charge in [-0.25, -0.2) is 0 Å². The molecular weight excluding hydrogens is 915 g/mol. The predicted molar refractivity (Wildman–Crippen MR) is 321 cm³/mol. The summed E-state index contributed by atoms with van der Waals surface area (Å²) in [5.41, 5.74) is 22.3. The first-order chi connectivity index (χ1) is 37.7. The quantitative estimate of drug-likeness (QED) is 0.123. The van der Waals surface area contributed by atoms with Crippen LogP contribution in [0, 0.1) is 0 Å². The second kappa shape index (κ2) is 18.9. The van der Waals surface area contributed by atoms with Crippen molar-refractivity contribution >= 4 is 38.6 Å². The molecule has 0 N–H and O–H groups in total. The largest absolute Gasteiger partial charge is 0.309 e. The Bertz CT molecular complexity index is 4170. The molecule has 76 heavy (non-hydrogen) atoms. The first-order valence-corrected chi connectivity index (χ1v) is 26.3. The smallest absolute Gasteiger partial charge is 0.0713 e. The van der Waals surface area contributed by atoms with Crippen molar-refractivity contribution in [2.75, 3.05) is 4.90 Å². The van der Waals surface area contributed by atoms with Crippen LogP contribution in [0.1, 0.15) is 22.3 Å². The summed E-state index contributed by atoms with van der Waals surface area (Å²) >= 11 is 0. The zero-order valence-electron chi connectivity index (χ0n) is 41.9. The molecule has 0 aromatic heterocycles. The highest BCUT2D eigenvalue weighted by molar-refractivity contribution is 6.22. The Morgan fingerprint density at radius 2 is 0.539 bits per heavy atom. The maximum Gasteiger partial charge on any atom is 0.0713 e. The van der Waals surface area contributed by atoms with Gasteiger partial charge < -0.3 is 4.90 Å². The minimum atomic E-state index is -0.514. The van der Waals surface area contributed by atoms with E-state index in [0.717, 1.165) is 28.2 Å². The fraction of sp³-hybridized carbons (Fsp3) is 0.0133. The maximum absolute atomic E-state index is 2.51. The average Bonchev–Trinajstić information content (AvgIpc) is 3.86. The molecule has 0 spiro atoms. The highest BCUT2D eigenvalue weighted by atomic mass is 15.1. The molecule has 0 amide bonds. The maximum atomic E-state index is 2.51. The van der Waals surface area contributed by atoms with Gasteiger partial charge in [-0.05, 0) is 124 Å². The van der Waals surface area contributed by atoms with Gasteiger partial charge in [-0.3, -0.25) is 0 Å². The van der Waals surface area contributed by atoms with Crippen molar-refractivity contribution in [2.24, 2.45) is 0 Å². The molecular formula is C75H51N. The van der Waals surface area contributed by atoms with Gasteiger partial charge in [0.05, 0.1) is 11.1 Å². The number of hydrogen-bond acceptors (Lipinski definition) is 1. The van der Waals surface area contributed by atoms with E-state index in [9.17, 15) is 0 Å². The molecule has 1 aliphatic carbocycles. The number of rotatable bonds is 10. The van der Waals surface area contributed by atoms with Crippen LogP contribution in [0.5, 0.6) is 0 Å². The van der Waals surface area contributed by atoms with Crippen LogP contribution in [0.3, 0.4) is 0 Å². The van der Waals surface area contributed by atoms with Crippen molar-refractivity contribution in [3.05, 3.63) is 332 Å². The Hall–Kier alpha value is -9.82. The van der Waals surface area contributed by atoms with Crippen LogP contribution in [-0.4, -0.2) is 0 Å². The van der Waals surface area contributed by atoms with Crippen molar-refractivity contribution in [1.82, 2.24) is 0 Å². The summed E-state index contributed by atoms with van der Waals surface area (Å²) in [6.45, 7) is 0. The topological polar surface area (TPSA) is 3.24 Å². The number of anilines is 3. The molecule has 1 nitrogen and oxygen atoms in total. The summed E-state index contributed by atoms with van der Waals surface area (Å²) in [6.07, 6.45) is 0. The van der Waals surface area contributed by atoms with Crippen molar-refractivity contribution in [1.29, 1.82) is 0 Å². The number of nitrogens with zero attached hydrogens (tertiary/aromatic N) is 1. The van der Waals surface area contributed by atoms with Gasteiger partial charge in [0.25, 0.3) is 0 Å². The van der Waals surface area contributed by atoms with E-state index in [0.29, 0.717) is 0 Å². The highest BCUT2D eigenvalue weighted by Gasteiger charge is 2.46. The van der Waals surface area contributed by atoms with Crippen molar-refractivity contribution in [3.8, 4) is 66.8 Å². The minimum absolute atomic E-state index is 0.514. The van der Waals surface area contributed by atoms with E-state index in [1.54, 1.807) is 0 Å². The minimum Gasteiger partial charge on any atom is -0.309 e. The molecule has 13 aromatic carbocycles. The zero-order chi connectivity index (χ0) is 50.4. The third kappa shape index (κ3) is 7.47. The van der Waals surface area contributed by atoms with E-state index >= 15 is 0 Å². The highest BCUT2D eigenvalue weighted by Crippen LogP contribution is 2.57. The molecule has 356 valence electrons. The van der Waals surface area contributed by atoms with Gasteiger partial charge in [0.1, 0.15) is 0 Å². The molecule has 13 aromatic rings. The summed E-state index contributed by atoms with van der Waals surface area (Å²) in [6, 6.07) is 114. The van der Waals surface area contributed by atoms with E-state index in [-0.39, 0.29) is 0 Å². The Kier molecular flexibility index (Phi) is 11.2. The number of fused-ring (bicyclic) bond motifs is 6. The van der Waals surface area contributed by atoms with Crippen LogP contribution >= 0.6 is 0 Å². The molecule has 0 bridgehead atoms. The Morgan fingerprint density at radius 3 is 1.08 bits per heavy atom. The van der Waals surface area contributed by atoms with E-state index in [1.807, 2.05) is 0 Å². The normalized spacial score (nSPS) is 12.3. The molecule has 0 saturated heterocycles. The first kappa shape index (κ1) is 44.8. The Morgan fingerprint density at radius 1 is 0.211 bits per heavy atom. The van der Waals surface area contributed by atoms with Gasteiger partial charge in [0.2, 0.25) is 0 Å². The second-order valence-corrected chi connectivity index (χ2v) is 19.9. The average molecular weight is 966 g/mol. The van der Waals surface area contributed by atoms with Crippen molar-refractivity contribution in [2.45, 2.75) is 5.41 Å². The van der Waals surface area contributed by atoms with E-state index < -0.39 is 5.41 Å². The monoisotopic (exact) mass is 965 g/mol. The third-order valence-corrected chi connectivity index (χ3v) is 15.8. The van der Waals surface area contributed by atoms with Crippen LogP contribution in [0.2, 0.25) is 0 Å². The lowest BCUT2D eigenvalue weighted by atomic mass is 9.67. The van der Waals surface area contributed by atoms with Crippen LogP contribution in [-0.2, 0) is 5.41 Å². The Labute approximate surface area is 444 Å². The molecule has 0 radical (unpaired) electrons. The Balaban J connectivity index is 0.957. The summed E-state index contributed by atoms with van der Waals surface area (Å²) in [7, 11) is 0. The van der Waals surface area contributed by atoms with E-state index in [2.05, 4.69) is 314 Å². The lowest BCUT2D eigenvalue weighted by Gasteiger charge is -2.35. The van der Waals surface area contributed by atoms with E-state index in [4.69, 9.17) is 0 Å². The second-order valence-electron chi connectivity index (χ2n) is 19.9. The number of benzene rings is 13. The molecule has 0 unspecified atom stereocenters. The van der Waals surface area contributed by atoms with Gasteiger partial charge in [0.15, 0.2) is 0 Å². The molecule has 0 fully saturated rings.